The van der Waals surface area contributed by atoms with Gasteiger partial charge in [0.1, 0.15) is 6.10 Å². The molecule has 0 fully saturated rings. The highest BCUT2D eigenvalue weighted by atomic mass is 16.5. The predicted octanol–water partition coefficient (Wildman–Crippen LogP) is 14.9. The summed E-state index contributed by atoms with van der Waals surface area (Å²) < 4.78 is 5.91. The van der Waals surface area contributed by atoms with Crippen LogP contribution in [0.1, 0.15) is 258 Å². The molecule has 340 valence electrons. The van der Waals surface area contributed by atoms with Gasteiger partial charge in [-0.2, -0.15) is 0 Å². The van der Waals surface area contributed by atoms with Gasteiger partial charge in [0.25, 0.3) is 0 Å². The third-order valence-corrected chi connectivity index (χ3v) is 11.5. The molecule has 0 aromatic rings. The first-order valence-electron chi connectivity index (χ1n) is 25.2. The monoisotopic (exact) mass is 816 g/mol. The number of rotatable bonds is 45. The second kappa shape index (κ2) is 46.2. The Kier molecular flexibility index (Phi) is 44.6. The number of nitrogens with one attached hydrogen (secondary N) is 1. The van der Waals surface area contributed by atoms with E-state index in [0.717, 1.165) is 70.6 Å². The topological polar surface area (TPSA) is 95.9 Å². The third kappa shape index (κ3) is 40.8. The van der Waals surface area contributed by atoms with Crippen molar-refractivity contribution in [3.63, 3.8) is 0 Å². The smallest absolute Gasteiger partial charge is 0.306 e. The molecule has 0 spiro atoms. The molecular weight excluding hydrogens is 719 g/mol. The molecule has 0 aromatic carbocycles. The van der Waals surface area contributed by atoms with E-state index in [9.17, 15) is 19.8 Å². The molecule has 1 amide bonds. The highest BCUT2D eigenvalue weighted by Crippen LogP contribution is 2.17. The normalized spacial score (nSPS) is 13.5. The van der Waals surface area contributed by atoms with Crippen LogP contribution in [0.25, 0.3) is 0 Å². The van der Waals surface area contributed by atoms with Gasteiger partial charge >= 0.3 is 5.97 Å². The van der Waals surface area contributed by atoms with Gasteiger partial charge in [-0.3, -0.25) is 9.59 Å². The Balaban J connectivity index is 4.65. The van der Waals surface area contributed by atoms with E-state index >= 15 is 0 Å². The fraction of sp³-hybridized carbons (Fsp3) is 0.846. The number of unbranched alkanes of at least 4 members (excludes halogenated alkanes) is 29. The number of hydrogen-bond donors (Lipinski definition) is 3. The zero-order valence-electron chi connectivity index (χ0n) is 38.7. The van der Waals surface area contributed by atoms with Crippen LogP contribution in [0.5, 0.6) is 0 Å². The van der Waals surface area contributed by atoms with Crippen molar-refractivity contribution in [2.45, 2.75) is 277 Å². The van der Waals surface area contributed by atoms with Crippen LogP contribution in [-0.2, 0) is 14.3 Å². The van der Waals surface area contributed by atoms with E-state index in [-0.39, 0.29) is 24.9 Å². The standard InChI is InChI=1S/C52H97NO5/c1-4-7-10-13-16-19-22-24-25-26-28-29-31-34-37-40-43-48(58-52(57)45-42-39-36-33-30-27-23-20-17-14-11-8-5-2)46-51(56)53-49(47-54)50(55)44-41-38-35-32-21-18-15-12-9-6-3/h22,24-26,28-29,48-50,54-55H,4-21,23,27,30-47H2,1-3H3,(H,53,56)/b24-22+,26-25+,29-28+. The van der Waals surface area contributed by atoms with Gasteiger partial charge in [-0.15, -0.1) is 0 Å². The zero-order chi connectivity index (χ0) is 42.4. The second-order valence-electron chi connectivity index (χ2n) is 17.3. The van der Waals surface area contributed by atoms with Crippen molar-refractivity contribution < 1.29 is 24.5 Å². The number of carbonyl (C=O) groups is 2. The maximum atomic E-state index is 13.2. The number of allylic oxidation sites excluding steroid dienone is 6. The van der Waals surface area contributed by atoms with Crippen LogP contribution < -0.4 is 5.32 Å². The fourth-order valence-electron chi connectivity index (χ4n) is 7.67. The molecule has 58 heavy (non-hydrogen) atoms. The fourth-order valence-corrected chi connectivity index (χ4v) is 7.67. The summed E-state index contributed by atoms with van der Waals surface area (Å²) in [5, 5.41) is 23.7. The summed E-state index contributed by atoms with van der Waals surface area (Å²) >= 11 is 0. The van der Waals surface area contributed by atoms with E-state index in [4.69, 9.17) is 4.74 Å². The maximum absolute atomic E-state index is 13.2. The molecule has 0 saturated carbocycles. The molecule has 0 heterocycles. The lowest BCUT2D eigenvalue weighted by atomic mass is 10.0. The number of aliphatic hydroxyl groups is 2. The largest absolute Gasteiger partial charge is 0.462 e. The van der Waals surface area contributed by atoms with E-state index in [0.29, 0.717) is 19.3 Å². The summed E-state index contributed by atoms with van der Waals surface area (Å²) in [6.45, 7) is 6.45. The maximum Gasteiger partial charge on any atom is 0.306 e. The molecule has 3 N–H and O–H groups in total. The van der Waals surface area contributed by atoms with Crippen LogP contribution in [0.15, 0.2) is 36.5 Å². The molecule has 0 rings (SSSR count). The van der Waals surface area contributed by atoms with Gasteiger partial charge in [-0.05, 0) is 51.4 Å². The van der Waals surface area contributed by atoms with E-state index in [1.807, 2.05) is 0 Å². The van der Waals surface area contributed by atoms with Crippen molar-refractivity contribution in [3.8, 4) is 0 Å². The van der Waals surface area contributed by atoms with Gasteiger partial charge in [0, 0.05) is 6.42 Å². The van der Waals surface area contributed by atoms with Crippen LogP contribution in [-0.4, -0.2) is 46.9 Å². The summed E-state index contributed by atoms with van der Waals surface area (Å²) in [5.41, 5.74) is 0. The Morgan fingerprint density at radius 2 is 0.879 bits per heavy atom. The lowest BCUT2D eigenvalue weighted by Crippen LogP contribution is -2.46. The van der Waals surface area contributed by atoms with E-state index in [2.05, 4.69) is 62.5 Å². The highest BCUT2D eigenvalue weighted by Gasteiger charge is 2.24. The molecule has 0 aromatic heterocycles. The molecule has 0 aliphatic carbocycles. The average Bonchev–Trinajstić information content (AvgIpc) is 3.22. The first kappa shape index (κ1) is 56.1. The SMILES string of the molecule is CCCCCCC/C=C/C=C/C=C/CCCCCC(CC(=O)NC(CO)C(O)CCCCCCCCCCCC)OC(=O)CCCCCCCCCCCCCCC. The van der Waals surface area contributed by atoms with Crippen molar-refractivity contribution in [2.24, 2.45) is 0 Å². The lowest BCUT2D eigenvalue weighted by Gasteiger charge is -2.24. The number of amides is 1. The van der Waals surface area contributed by atoms with Crippen molar-refractivity contribution in [3.05, 3.63) is 36.5 Å². The van der Waals surface area contributed by atoms with Crippen LogP contribution in [0.3, 0.4) is 0 Å². The Bertz CT molecular complexity index is 961. The number of hydrogen-bond acceptors (Lipinski definition) is 5. The van der Waals surface area contributed by atoms with Gasteiger partial charge in [0.15, 0.2) is 0 Å². The van der Waals surface area contributed by atoms with Gasteiger partial charge in [-0.1, -0.05) is 231 Å². The van der Waals surface area contributed by atoms with Crippen LogP contribution in [0.2, 0.25) is 0 Å². The van der Waals surface area contributed by atoms with Crippen molar-refractivity contribution in [1.82, 2.24) is 5.32 Å². The molecule has 0 aliphatic rings. The molecule has 0 aliphatic heterocycles. The Labute approximate surface area is 360 Å². The third-order valence-electron chi connectivity index (χ3n) is 11.5. The molecule has 0 saturated heterocycles. The van der Waals surface area contributed by atoms with Gasteiger partial charge < -0.3 is 20.3 Å². The van der Waals surface area contributed by atoms with Gasteiger partial charge in [-0.25, -0.2) is 0 Å². The lowest BCUT2D eigenvalue weighted by molar-refractivity contribution is -0.151. The first-order valence-corrected chi connectivity index (χ1v) is 25.2. The first-order chi connectivity index (χ1) is 28.5. The van der Waals surface area contributed by atoms with Crippen molar-refractivity contribution in [1.29, 1.82) is 0 Å². The van der Waals surface area contributed by atoms with E-state index in [1.165, 1.54) is 141 Å². The van der Waals surface area contributed by atoms with Crippen LogP contribution in [0, 0.1) is 0 Å². The number of esters is 1. The van der Waals surface area contributed by atoms with Crippen LogP contribution >= 0.6 is 0 Å². The summed E-state index contributed by atoms with van der Waals surface area (Å²) in [7, 11) is 0. The minimum absolute atomic E-state index is 0.0583. The molecule has 3 unspecified atom stereocenters. The van der Waals surface area contributed by atoms with Crippen LogP contribution in [0.4, 0.5) is 0 Å². The summed E-state index contributed by atoms with van der Waals surface area (Å²) in [6, 6.07) is -0.708. The molecule has 3 atom stereocenters. The Hall–Kier alpha value is -1.92. The second-order valence-corrected chi connectivity index (χ2v) is 17.3. The van der Waals surface area contributed by atoms with Gasteiger partial charge in [0.05, 0.1) is 25.2 Å². The number of ether oxygens (including phenoxy) is 1. The summed E-state index contributed by atoms with van der Waals surface area (Å²) in [4.78, 5) is 26.1. The molecule has 6 nitrogen and oxygen atoms in total. The molecular formula is C52H97NO5. The minimum Gasteiger partial charge on any atom is -0.462 e. The predicted molar refractivity (Wildman–Crippen MR) is 250 cm³/mol. The summed E-state index contributed by atoms with van der Waals surface area (Å²) in [5.74, 6) is -0.499. The highest BCUT2D eigenvalue weighted by molar-refractivity contribution is 5.77. The zero-order valence-corrected chi connectivity index (χ0v) is 38.7. The summed E-state index contributed by atoms with van der Waals surface area (Å²) in [6.07, 6.45) is 53.4. The van der Waals surface area contributed by atoms with E-state index < -0.39 is 18.2 Å². The van der Waals surface area contributed by atoms with Crippen molar-refractivity contribution >= 4 is 11.9 Å². The van der Waals surface area contributed by atoms with Crippen molar-refractivity contribution in [2.75, 3.05) is 6.61 Å². The number of carbonyl (C=O) groups excluding carboxylic acids is 2. The quantitative estimate of drug-likeness (QED) is 0.0323. The Morgan fingerprint density at radius 3 is 1.33 bits per heavy atom. The molecule has 0 radical (unpaired) electrons. The molecule has 0 bridgehead atoms. The van der Waals surface area contributed by atoms with E-state index in [1.54, 1.807) is 0 Å². The van der Waals surface area contributed by atoms with Gasteiger partial charge in [0.2, 0.25) is 5.91 Å². The molecule has 6 heteroatoms. The Morgan fingerprint density at radius 1 is 0.500 bits per heavy atom. The number of aliphatic hydroxyl groups excluding tert-OH is 2. The minimum atomic E-state index is -0.793. The average molecular weight is 816 g/mol.